The van der Waals surface area contributed by atoms with Gasteiger partial charge in [0.25, 0.3) is 0 Å². The first-order chi connectivity index (χ1) is 17.5. The lowest BCUT2D eigenvalue weighted by molar-refractivity contribution is -0.141. The minimum absolute atomic E-state index is 0.0537. The van der Waals surface area contributed by atoms with Crippen LogP contribution in [0.4, 0.5) is 4.39 Å². The summed E-state index contributed by atoms with van der Waals surface area (Å²) in [6.07, 6.45) is 6.21. The minimum atomic E-state index is -0.257. The lowest BCUT2D eigenvalue weighted by Gasteiger charge is -2.28. The fourth-order valence-electron chi connectivity index (χ4n) is 4.27. The van der Waals surface area contributed by atoms with Crippen LogP contribution in [0.25, 0.3) is 0 Å². The zero-order valence-electron chi connectivity index (χ0n) is 21.5. The Balaban J connectivity index is 1.76. The Hall–Kier alpha value is -3.41. The number of hydrogen-bond donors (Lipinski definition) is 0. The number of unbranched alkanes of at least 4 members (excludes halogenated alkanes) is 2. The fraction of sp³-hybridized carbons (Fsp3) is 0.400. The van der Waals surface area contributed by atoms with Gasteiger partial charge in [0.15, 0.2) is 0 Å². The summed E-state index contributed by atoms with van der Waals surface area (Å²) in [5.41, 5.74) is 3.01. The Morgan fingerprint density at radius 1 is 0.778 bits per heavy atom. The molecule has 0 radical (unpaired) electrons. The molecular formula is C30H38FN3O2. The van der Waals surface area contributed by atoms with Gasteiger partial charge in [-0.3, -0.25) is 9.59 Å². The van der Waals surface area contributed by atoms with Gasteiger partial charge < -0.3 is 14.4 Å². The van der Waals surface area contributed by atoms with Gasteiger partial charge in [0, 0.05) is 37.9 Å². The predicted octanol–water partition coefficient (Wildman–Crippen LogP) is 6.02. The van der Waals surface area contributed by atoms with E-state index in [2.05, 4.69) is 11.5 Å². The average molecular weight is 492 g/mol. The molecule has 3 rings (SSSR count). The molecule has 2 amide bonds. The van der Waals surface area contributed by atoms with Crippen molar-refractivity contribution in [1.82, 2.24) is 14.4 Å². The third-order valence-corrected chi connectivity index (χ3v) is 6.28. The first kappa shape index (κ1) is 27.2. The van der Waals surface area contributed by atoms with E-state index >= 15 is 0 Å². The Morgan fingerprint density at radius 2 is 1.53 bits per heavy atom. The second-order valence-electron chi connectivity index (χ2n) is 9.26. The molecule has 0 N–H and O–H groups in total. The molecule has 1 aromatic heterocycles. The van der Waals surface area contributed by atoms with Crippen molar-refractivity contribution < 1.29 is 14.0 Å². The summed E-state index contributed by atoms with van der Waals surface area (Å²) >= 11 is 0. The van der Waals surface area contributed by atoms with E-state index in [0.717, 1.165) is 42.5 Å². The van der Waals surface area contributed by atoms with E-state index in [4.69, 9.17) is 0 Å². The second kappa shape index (κ2) is 14.2. The lowest BCUT2D eigenvalue weighted by Crippen LogP contribution is -2.43. The molecule has 0 fully saturated rings. The molecule has 3 aromatic rings. The van der Waals surface area contributed by atoms with Crippen LogP contribution in [0.5, 0.6) is 0 Å². The zero-order chi connectivity index (χ0) is 25.8. The lowest BCUT2D eigenvalue weighted by atomic mass is 10.1. The first-order valence-electron chi connectivity index (χ1n) is 13.0. The molecule has 0 atom stereocenters. The molecule has 0 aliphatic heterocycles. The number of benzene rings is 2. The standard InChI is InChI=1S/C30H38FN3O2/c1-3-5-7-14-29(35)33(19-4-2)24-30(36)34(22-25-11-8-6-9-12-25)23-28-13-10-20-32(28)21-26-15-17-27(31)18-16-26/h6,8-13,15-18,20H,3-5,7,14,19,21-24H2,1-2H3. The smallest absolute Gasteiger partial charge is 0.242 e. The zero-order valence-corrected chi connectivity index (χ0v) is 21.5. The van der Waals surface area contributed by atoms with Crippen molar-refractivity contribution in [3.8, 4) is 0 Å². The summed E-state index contributed by atoms with van der Waals surface area (Å²) in [4.78, 5) is 30.0. The van der Waals surface area contributed by atoms with Gasteiger partial charge in [-0.1, -0.05) is 69.2 Å². The van der Waals surface area contributed by atoms with Gasteiger partial charge in [-0.05, 0) is 48.2 Å². The van der Waals surface area contributed by atoms with Crippen molar-refractivity contribution in [2.45, 2.75) is 65.6 Å². The van der Waals surface area contributed by atoms with Gasteiger partial charge in [0.1, 0.15) is 5.82 Å². The molecule has 6 heteroatoms. The normalized spacial score (nSPS) is 10.9. The number of hydrogen-bond acceptors (Lipinski definition) is 2. The molecule has 192 valence electrons. The van der Waals surface area contributed by atoms with Crippen LogP contribution in [0.15, 0.2) is 72.9 Å². The molecular weight excluding hydrogens is 453 g/mol. The SMILES string of the molecule is CCCCCC(=O)N(CCC)CC(=O)N(Cc1ccccc1)Cc1cccn1Cc1ccc(F)cc1. The summed E-state index contributed by atoms with van der Waals surface area (Å²) in [5, 5.41) is 0. The maximum absolute atomic E-state index is 13.6. The molecule has 1 heterocycles. The Labute approximate surface area is 214 Å². The van der Waals surface area contributed by atoms with E-state index in [1.54, 1.807) is 17.0 Å². The average Bonchev–Trinajstić information content (AvgIpc) is 3.31. The predicted molar refractivity (Wildman–Crippen MR) is 142 cm³/mol. The quantitative estimate of drug-likeness (QED) is 0.259. The van der Waals surface area contributed by atoms with Crippen molar-refractivity contribution in [2.75, 3.05) is 13.1 Å². The van der Waals surface area contributed by atoms with Crippen molar-refractivity contribution >= 4 is 11.8 Å². The summed E-state index contributed by atoms with van der Waals surface area (Å²) < 4.78 is 15.4. The third-order valence-electron chi connectivity index (χ3n) is 6.28. The molecule has 0 bridgehead atoms. The number of rotatable bonds is 14. The molecule has 0 saturated carbocycles. The van der Waals surface area contributed by atoms with Crippen LogP contribution in [0.2, 0.25) is 0 Å². The van der Waals surface area contributed by atoms with E-state index in [1.807, 2.05) is 60.5 Å². The van der Waals surface area contributed by atoms with Gasteiger partial charge in [-0.25, -0.2) is 4.39 Å². The largest absolute Gasteiger partial charge is 0.345 e. The van der Waals surface area contributed by atoms with Gasteiger partial charge in [0.2, 0.25) is 11.8 Å². The number of amides is 2. The van der Waals surface area contributed by atoms with Gasteiger partial charge in [0.05, 0.1) is 13.1 Å². The topological polar surface area (TPSA) is 45.6 Å². The molecule has 0 saturated heterocycles. The minimum Gasteiger partial charge on any atom is -0.345 e. The van der Waals surface area contributed by atoms with Crippen molar-refractivity contribution in [1.29, 1.82) is 0 Å². The van der Waals surface area contributed by atoms with E-state index < -0.39 is 0 Å². The van der Waals surface area contributed by atoms with Crippen LogP contribution in [-0.2, 0) is 29.2 Å². The molecule has 0 aliphatic rings. The first-order valence-corrected chi connectivity index (χ1v) is 13.0. The van der Waals surface area contributed by atoms with Crippen LogP contribution in [-0.4, -0.2) is 39.3 Å². The number of carbonyl (C=O) groups excluding carboxylic acids is 2. The maximum Gasteiger partial charge on any atom is 0.242 e. The van der Waals surface area contributed by atoms with Crippen molar-refractivity contribution in [3.05, 3.63) is 95.6 Å². The van der Waals surface area contributed by atoms with Gasteiger partial charge in [-0.15, -0.1) is 0 Å². The van der Waals surface area contributed by atoms with Crippen LogP contribution in [0.1, 0.15) is 62.8 Å². The molecule has 0 aliphatic carbocycles. The maximum atomic E-state index is 13.6. The summed E-state index contributed by atoms with van der Waals surface area (Å²) in [6.45, 7) is 6.29. The van der Waals surface area contributed by atoms with E-state index in [0.29, 0.717) is 32.6 Å². The number of aromatic nitrogens is 1. The van der Waals surface area contributed by atoms with Gasteiger partial charge >= 0.3 is 0 Å². The van der Waals surface area contributed by atoms with E-state index in [-0.39, 0.29) is 24.2 Å². The van der Waals surface area contributed by atoms with E-state index in [1.165, 1.54) is 12.1 Å². The van der Waals surface area contributed by atoms with Gasteiger partial charge in [-0.2, -0.15) is 0 Å². The highest BCUT2D eigenvalue weighted by Crippen LogP contribution is 2.15. The molecule has 36 heavy (non-hydrogen) atoms. The Morgan fingerprint density at radius 3 is 2.22 bits per heavy atom. The Bertz CT molecular complexity index is 1080. The number of carbonyl (C=O) groups is 2. The fourth-order valence-corrected chi connectivity index (χ4v) is 4.27. The molecule has 0 spiro atoms. The molecule has 5 nitrogen and oxygen atoms in total. The van der Waals surface area contributed by atoms with Crippen LogP contribution in [0.3, 0.4) is 0 Å². The number of nitrogens with zero attached hydrogens (tertiary/aromatic N) is 3. The number of halogens is 1. The molecule has 2 aromatic carbocycles. The monoisotopic (exact) mass is 491 g/mol. The third kappa shape index (κ3) is 8.36. The highest BCUT2D eigenvalue weighted by Gasteiger charge is 2.22. The van der Waals surface area contributed by atoms with E-state index in [9.17, 15) is 14.0 Å². The second-order valence-corrected chi connectivity index (χ2v) is 9.26. The molecule has 0 unspecified atom stereocenters. The summed E-state index contributed by atoms with van der Waals surface area (Å²) in [5.74, 6) is -0.268. The highest BCUT2D eigenvalue weighted by atomic mass is 19.1. The summed E-state index contributed by atoms with van der Waals surface area (Å²) in [6, 6.07) is 20.4. The summed E-state index contributed by atoms with van der Waals surface area (Å²) in [7, 11) is 0. The van der Waals surface area contributed by atoms with Crippen LogP contribution in [0, 0.1) is 5.82 Å². The van der Waals surface area contributed by atoms with Crippen molar-refractivity contribution in [3.63, 3.8) is 0 Å². The Kier molecular flexibility index (Phi) is 10.7. The van der Waals surface area contributed by atoms with Crippen LogP contribution >= 0.6 is 0 Å². The van der Waals surface area contributed by atoms with Crippen molar-refractivity contribution in [2.24, 2.45) is 0 Å². The van der Waals surface area contributed by atoms with Crippen LogP contribution < -0.4 is 0 Å². The highest BCUT2D eigenvalue weighted by molar-refractivity contribution is 5.84.